The van der Waals surface area contributed by atoms with Gasteiger partial charge in [0.15, 0.2) is 0 Å². The molecule has 0 bridgehead atoms. The van der Waals surface area contributed by atoms with Crippen LogP contribution in [-0.4, -0.2) is 44.5 Å². The molecule has 0 amide bonds. The minimum Gasteiger partial charge on any atom is -0.489 e. The van der Waals surface area contributed by atoms with Crippen molar-refractivity contribution in [1.82, 2.24) is 9.88 Å². The van der Waals surface area contributed by atoms with Crippen molar-refractivity contribution in [2.75, 3.05) is 31.1 Å². The Kier molecular flexibility index (Phi) is 7.67. The maximum absolute atomic E-state index is 12.6. The summed E-state index contributed by atoms with van der Waals surface area (Å²) < 4.78 is 36.6. The Morgan fingerprint density at radius 3 is 2.24 bits per heavy atom. The summed E-state index contributed by atoms with van der Waals surface area (Å²) in [6.45, 7) is 6.94. The fourth-order valence-corrected chi connectivity index (χ4v) is 6.05. The Labute approximate surface area is 241 Å². The Balaban J connectivity index is 1.04. The third-order valence-electron chi connectivity index (χ3n) is 7.47. The lowest BCUT2D eigenvalue weighted by Crippen LogP contribution is -2.45. The topological polar surface area (TPSA) is 74.9 Å². The summed E-state index contributed by atoms with van der Waals surface area (Å²) in [5, 5.41) is 1.19. The first-order valence-corrected chi connectivity index (χ1v) is 15.2. The van der Waals surface area contributed by atoms with Crippen LogP contribution in [0.2, 0.25) is 0 Å². The molecule has 7 nitrogen and oxygen atoms in total. The van der Waals surface area contributed by atoms with Gasteiger partial charge in [0.2, 0.25) is 0 Å². The number of nitrogens with one attached hydrogen (secondary N) is 1. The van der Waals surface area contributed by atoms with E-state index in [2.05, 4.69) is 45.2 Å². The molecule has 1 aliphatic rings. The van der Waals surface area contributed by atoms with Crippen molar-refractivity contribution in [3.05, 3.63) is 120 Å². The molecule has 8 heteroatoms. The summed E-state index contributed by atoms with van der Waals surface area (Å²) in [6, 6.07) is 30.3. The van der Waals surface area contributed by atoms with E-state index in [1.165, 1.54) is 10.9 Å². The molecule has 2 heterocycles. The summed E-state index contributed by atoms with van der Waals surface area (Å²) in [6.07, 6.45) is 2.10. The van der Waals surface area contributed by atoms with Gasteiger partial charge >= 0.3 is 10.1 Å². The minimum absolute atomic E-state index is 0.148. The van der Waals surface area contributed by atoms with Gasteiger partial charge in [0.05, 0.1) is 0 Å². The van der Waals surface area contributed by atoms with Crippen LogP contribution >= 0.6 is 0 Å². The Hall–Kier alpha value is -4.27. The first kappa shape index (κ1) is 26.9. The van der Waals surface area contributed by atoms with Gasteiger partial charge < -0.3 is 18.8 Å². The maximum atomic E-state index is 12.6. The van der Waals surface area contributed by atoms with Crippen LogP contribution in [0.3, 0.4) is 0 Å². The SMILES string of the molecule is Cc1ccc(S(=O)(=O)Oc2ccc(N3CCN(Cc4c[nH]c5ccc(OCc6ccccc6)cc45)CC3)cc2)cc1. The number of hydrogen-bond donors (Lipinski definition) is 1. The zero-order valence-electron chi connectivity index (χ0n) is 23.0. The summed E-state index contributed by atoms with van der Waals surface area (Å²) in [5.74, 6) is 1.17. The van der Waals surface area contributed by atoms with Crippen molar-refractivity contribution >= 4 is 26.7 Å². The van der Waals surface area contributed by atoms with E-state index in [-0.39, 0.29) is 4.90 Å². The molecule has 0 aliphatic carbocycles. The van der Waals surface area contributed by atoms with Crippen LogP contribution in [-0.2, 0) is 23.3 Å². The van der Waals surface area contributed by atoms with Gasteiger partial charge in [-0.2, -0.15) is 8.42 Å². The first-order chi connectivity index (χ1) is 19.9. The van der Waals surface area contributed by atoms with Crippen LogP contribution < -0.4 is 13.8 Å². The summed E-state index contributed by atoms with van der Waals surface area (Å²) in [7, 11) is -3.87. The van der Waals surface area contributed by atoms with Crippen molar-refractivity contribution in [3.63, 3.8) is 0 Å². The van der Waals surface area contributed by atoms with Gasteiger partial charge in [-0.3, -0.25) is 4.90 Å². The number of benzene rings is 4. The smallest absolute Gasteiger partial charge is 0.339 e. The number of anilines is 1. The molecule has 5 aromatic rings. The summed E-state index contributed by atoms with van der Waals surface area (Å²) in [4.78, 5) is 8.33. The molecule has 0 unspecified atom stereocenters. The predicted molar refractivity (Wildman–Crippen MR) is 162 cm³/mol. The second-order valence-electron chi connectivity index (χ2n) is 10.4. The Morgan fingerprint density at radius 2 is 1.51 bits per heavy atom. The molecule has 210 valence electrons. The van der Waals surface area contributed by atoms with Gasteiger partial charge in [0.25, 0.3) is 0 Å². The van der Waals surface area contributed by atoms with Crippen molar-refractivity contribution in [1.29, 1.82) is 0 Å². The zero-order chi connectivity index (χ0) is 28.2. The Morgan fingerprint density at radius 1 is 0.805 bits per heavy atom. The van der Waals surface area contributed by atoms with Gasteiger partial charge in [-0.1, -0.05) is 48.0 Å². The molecule has 6 rings (SSSR count). The van der Waals surface area contributed by atoms with Crippen LogP contribution in [0.1, 0.15) is 16.7 Å². The van der Waals surface area contributed by atoms with Crippen molar-refractivity contribution < 1.29 is 17.3 Å². The largest absolute Gasteiger partial charge is 0.489 e. The van der Waals surface area contributed by atoms with Gasteiger partial charge in [0.1, 0.15) is 23.0 Å². The van der Waals surface area contributed by atoms with E-state index in [0.717, 1.165) is 60.8 Å². The highest BCUT2D eigenvalue weighted by molar-refractivity contribution is 7.87. The van der Waals surface area contributed by atoms with Gasteiger partial charge in [-0.15, -0.1) is 0 Å². The van der Waals surface area contributed by atoms with Crippen LogP contribution in [0.5, 0.6) is 11.5 Å². The number of hydrogen-bond acceptors (Lipinski definition) is 6. The quantitative estimate of drug-likeness (QED) is 0.216. The average molecular weight is 568 g/mol. The van der Waals surface area contributed by atoms with E-state index in [1.54, 1.807) is 36.4 Å². The lowest BCUT2D eigenvalue weighted by molar-refractivity contribution is 0.250. The molecule has 1 fully saturated rings. The Bertz CT molecular complexity index is 1710. The summed E-state index contributed by atoms with van der Waals surface area (Å²) in [5.41, 5.74) is 5.56. The molecule has 41 heavy (non-hydrogen) atoms. The van der Waals surface area contributed by atoms with Crippen LogP contribution in [0.25, 0.3) is 10.9 Å². The van der Waals surface area contributed by atoms with E-state index in [0.29, 0.717) is 12.4 Å². The molecule has 1 aliphatic heterocycles. The number of fused-ring (bicyclic) bond motifs is 1. The lowest BCUT2D eigenvalue weighted by atomic mass is 10.1. The zero-order valence-corrected chi connectivity index (χ0v) is 23.8. The molecule has 0 spiro atoms. The molecule has 0 atom stereocenters. The monoisotopic (exact) mass is 567 g/mol. The summed E-state index contributed by atoms with van der Waals surface area (Å²) >= 11 is 0. The third kappa shape index (κ3) is 6.39. The van der Waals surface area contributed by atoms with Crippen LogP contribution in [0, 0.1) is 6.92 Å². The number of ether oxygens (including phenoxy) is 1. The number of aromatic nitrogens is 1. The molecule has 4 aromatic carbocycles. The highest BCUT2D eigenvalue weighted by Crippen LogP contribution is 2.27. The predicted octanol–water partition coefficient (Wildman–Crippen LogP) is 6.15. The van der Waals surface area contributed by atoms with Crippen LogP contribution in [0.15, 0.2) is 108 Å². The molecule has 0 radical (unpaired) electrons. The minimum atomic E-state index is -3.87. The average Bonchev–Trinajstić information content (AvgIpc) is 3.39. The lowest BCUT2D eigenvalue weighted by Gasteiger charge is -2.36. The van der Waals surface area contributed by atoms with Gasteiger partial charge in [-0.25, -0.2) is 0 Å². The standard InChI is InChI=1S/C33H33N3O4S/c1-25-7-14-31(15-8-25)41(37,38)40-29-11-9-28(10-12-29)36-19-17-35(18-20-36)23-27-22-34-33-16-13-30(21-32(27)33)39-24-26-5-3-2-4-6-26/h2-16,21-22,34H,17-20,23-24H2,1H3. The van der Waals surface area contributed by atoms with E-state index >= 15 is 0 Å². The molecule has 1 saturated heterocycles. The van der Waals surface area contributed by atoms with Crippen molar-refractivity contribution in [2.45, 2.75) is 25.0 Å². The van der Waals surface area contributed by atoms with Crippen molar-refractivity contribution in [3.8, 4) is 11.5 Å². The number of nitrogens with zero attached hydrogens (tertiary/aromatic N) is 2. The maximum Gasteiger partial charge on any atom is 0.339 e. The molecule has 1 N–H and O–H groups in total. The van der Waals surface area contributed by atoms with E-state index in [9.17, 15) is 8.42 Å². The second kappa shape index (κ2) is 11.7. The van der Waals surface area contributed by atoms with Crippen molar-refractivity contribution in [2.24, 2.45) is 0 Å². The van der Waals surface area contributed by atoms with Gasteiger partial charge in [-0.05, 0) is 72.6 Å². The van der Waals surface area contributed by atoms with E-state index < -0.39 is 10.1 Å². The van der Waals surface area contributed by atoms with Crippen LogP contribution in [0.4, 0.5) is 5.69 Å². The number of aryl methyl sites for hydroxylation is 1. The van der Waals surface area contributed by atoms with E-state index in [1.807, 2.05) is 43.3 Å². The number of H-pyrrole nitrogens is 1. The third-order valence-corrected chi connectivity index (χ3v) is 8.73. The fourth-order valence-electron chi connectivity index (χ4n) is 5.12. The normalized spacial score (nSPS) is 14.3. The molecule has 0 saturated carbocycles. The molecular formula is C33H33N3O4S. The number of rotatable bonds is 9. The highest BCUT2D eigenvalue weighted by atomic mass is 32.2. The second-order valence-corrected chi connectivity index (χ2v) is 11.9. The van der Waals surface area contributed by atoms with E-state index in [4.69, 9.17) is 8.92 Å². The molecule has 1 aromatic heterocycles. The highest BCUT2D eigenvalue weighted by Gasteiger charge is 2.20. The first-order valence-electron chi connectivity index (χ1n) is 13.8. The number of piperazine rings is 1. The fraction of sp³-hybridized carbons (Fsp3) is 0.212. The van der Waals surface area contributed by atoms with Gasteiger partial charge in [0, 0.05) is 55.5 Å². The molecular weight excluding hydrogens is 534 g/mol. The number of aromatic amines is 1.